The SMILES string of the molecule is COC(C)(C)O[C@]1(C)CC[C@H]2OC(c3ccccc3)OC2C1. The summed E-state index contributed by atoms with van der Waals surface area (Å²) in [7, 11) is 1.68. The van der Waals surface area contributed by atoms with E-state index < -0.39 is 5.79 Å². The van der Waals surface area contributed by atoms with Crippen LogP contribution >= 0.6 is 0 Å². The Morgan fingerprint density at radius 3 is 2.50 bits per heavy atom. The highest BCUT2D eigenvalue weighted by atomic mass is 16.7. The van der Waals surface area contributed by atoms with Crippen molar-refractivity contribution in [3.05, 3.63) is 35.9 Å². The van der Waals surface area contributed by atoms with Gasteiger partial charge in [-0.3, -0.25) is 0 Å². The number of hydrogen-bond acceptors (Lipinski definition) is 4. The van der Waals surface area contributed by atoms with Crippen LogP contribution < -0.4 is 0 Å². The molecule has 1 aliphatic heterocycles. The third kappa shape index (κ3) is 3.35. The Morgan fingerprint density at radius 1 is 1.14 bits per heavy atom. The normalized spacial score (nSPS) is 35.4. The number of fused-ring (bicyclic) bond motifs is 1. The standard InChI is InChI=1S/C18H26O4/c1-17(2,19-4)22-18(3)11-10-14-15(12-18)21-16(20-14)13-8-6-5-7-9-13/h5-9,14-16H,10-12H2,1-4H3/t14-,15?,16?,18-/m1/s1. The van der Waals surface area contributed by atoms with Gasteiger partial charge in [0.25, 0.3) is 0 Å². The summed E-state index contributed by atoms with van der Waals surface area (Å²) in [6.45, 7) is 6.04. The molecule has 1 saturated carbocycles. The van der Waals surface area contributed by atoms with E-state index in [9.17, 15) is 0 Å². The van der Waals surface area contributed by atoms with Crippen LogP contribution in [0.5, 0.6) is 0 Å². The minimum absolute atomic E-state index is 0.0802. The van der Waals surface area contributed by atoms with Crippen molar-refractivity contribution in [2.24, 2.45) is 0 Å². The number of benzene rings is 1. The predicted octanol–water partition coefficient (Wildman–Crippen LogP) is 3.81. The van der Waals surface area contributed by atoms with Crippen molar-refractivity contribution in [1.29, 1.82) is 0 Å². The first-order chi connectivity index (χ1) is 10.4. The van der Waals surface area contributed by atoms with Gasteiger partial charge in [0, 0.05) is 19.1 Å². The molecular weight excluding hydrogens is 280 g/mol. The quantitative estimate of drug-likeness (QED) is 0.793. The summed E-state index contributed by atoms with van der Waals surface area (Å²) in [5.41, 5.74) is 0.840. The first kappa shape index (κ1) is 15.9. The van der Waals surface area contributed by atoms with Gasteiger partial charge in [-0.25, -0.2) is 0 Å². The lowest BCUT2D eigenvalue weighted by atomic mass is 9.82. The maximum atomic E-state index is 6.21. The lowest BCUT2D eigenvalue weighted by Crippen LogP contribution is -2.47. The van der Waals surface area contributed by atoms with E-state index in [1.54, 1.807) is 7.11 Å². The van der Waals surface area contributed by atoms with Crippen molar-refractivity contribution < 1.29 is 18.9 Å². The number of methoxy groups -OCH3 is 1. The van der Waals surface area contributed by atoms with Crippen LogP contribution in [0, 0.1) is 0 Å². The van der Waals surface area contributed by atoms with Crippen LogP contribution in [0.15, 0.2) is 30.3 Å². The van der Waals surface area contributed by atoms with E-state index in [-0.39, 0.29) is 24.1 Å². The maximum Gasteiger partial charge on any atom is 0.184 e. The average Bonchev–Trinajstić information content (AvgIpc) is 2.90. The fraction of sp³-hybridized carbons (Fsp3) is 0.667. The second-order valence-corrected chi connectivity index (χ2v) is 6.99. The van der Waals surface area contributed by atoms with Crippen molar-refractivity contribution in [2.75, 3.05) is 7.11 Å². The van der Waals surface area contributed by atoms with Crippen molar-refractivity contribution in [3.8, 4) is 0 Å². The molecule has 1 aromatic rings. The molecule has 4 nitrogen and oxygen atoms in total. The molecule has 0 amide bonds. The second kappa shape index (κ2) is 5.93. The van der Waals surface area contributed by atoms with Gasteiger partial charge in [0.2, 0.25) is 0 Å². The predicted molar refractivity (Wildman–Crippen MR) is 83.4 cm³/mol. The highest BCUT2D eigenvalue weighted by Crippen LogP contribution is 2.44. The zero-order valence-electron chi connectivity index (χ0n) is 13.9. The second-order valence-electron chi connectivity index (χ2n) is 6.99. The van der Waals surface area contributed by atoms with Crippen LogP contribution in [-0.2, 0) is 18.9 Å². The largest absolute Gasteiger partial charge is 0.354 e. The molecule has 1 heterocycles. The molecule has 22 heavy (non-hydrogen) atoms. The average molecular weight is 306 g/mol. The number of ether oxygens (including phenoxy) is 4. The topological polar surface area (TPSA) is 36.9 Å². The Morgan fingerprint density at radius 2 is 1.82 bits per heavy atom. The van der Waals surface area contributed by atoms with E-state index in [0.717, 1.165) is 24.8 Å². The fourth-order valence-electron chi connectivity index (χ4n) is 3.43. The molecule has 0 spiro atoms. The van der Waals surface area contributed by atoms with Crippen molar-refractivity contribution in [2.45, 2.75) is 69.9 Å². The Hall–Kier alpha value is -0.940. The smallest absolute Gasteiger partial charge is 0.184 e. The molecule has 1 saturated heterocycles. The van der Waals surface area contributed by atoms with E-state index in [1.165, 1.54) is 0 Å². The van der Waals surface area contributed by atoms with Crippen molar-refractivity contribution >= 4 is 0 Å². The van der Waals surface area contributed by atoms with Crippen LogP contribution in [0.1, 0.15) is 51.9 Å². The highest BCUT2D eigenvalue weighted by molar-refractivity contribution is 5.17. The van der Waals surface area contributed by atoms with Gasteiger partial charge in [0.15, 0.2) is 12.1 Å². The summed E-state index contributed by atoms with van der Waals surface area (Å²) in [5.74, 6) is -0.583. The van der Waals surface area contributed by atoms with Gasteiger partial charge in [-0.05, 0) is 33.6 Å². The van der Waals surface area contributed by atoms with E-state index in [4.69, 9.17) is 18.9 Å². The Balaban J connectivity index is 1.67. The zero-order valence-corrected chi connectivity index (χ0v) is 13.9. The minimum Gasteiger partial charge on any atom is -0.354 e. The van der Waals surface area contributed by atoms with Gasteiger partial charge in [-0.15, -0.1) is 0 Å². The molecule has 0 N–H and O–H groups in total. The molecule has 122 valence electrons. The molecule has 2 aliphatic rings. The van der Waals surface area contributed by atoms with E-state index in [2.05, 4.69) is 6.92 Å². The van der Waals surface area contributed by atoms with Gasteiger partial charge in [-0.1, -0.05) is 30.3 Å². The lowest BCUT2D eigenvalue weighted by molar-refractivity contribution is -0.268. The highest BCUT2D eigenvalue weighted by Gasteiger charge is 2.47. The third-order valence-corrected chi connectivity index (χ3v) is 4.66. The summed E-state index contributed by atoms with van der Waals surface area (Å²) in [6, 6.07) is 10.1. The Labute approximate surface area is 132 Å². The summed E-state index contributed by atoms with van der Waals surface area (Å²) in [4.78, 5) is 0. The Bertz CT molecular complexity index is 501. The molecule has 0 aromatic heterocycles. The van der Waals surface area contributed by atoms with Crippen LogP contribution in [0.2, 0.25) is 0 Å². The first-order valence-corrected chi connectivity index (χ1v) is 8.02. The maximum absolute atomic E-state index is 6.21. The van der Waals surface area contributed by atoms with E-state index >= 15 is 0 Å². The summed E-state index contributed by atoms with van der Waals surface area (Å²) >= 11 is 0. The molecule has 1 aliphatic carbocycles. The summed E-state index contributed by atoms with van der Waals surface area (Å²) in [5, 5.41) is 0. The molecule has 1 aromatic carbocycles. The fourth-order valence-corrected chi connectivity index (χ4v) is 3.43. The summed E-state index contributed by atoms with van der Waals surface area (Å²) < 4.78 is 23.9. The van der Waals surface area contributed by atoms with Crippen LogP contribution in [-0.4, -0.2) is 30.7 Å². The van der Waals surface area contributed by atoms with Gasteiger partial charge in [-0.2, -0.15) is 0 Å². The molecule has 2 fully saturated rings. The van der Waals surface area contributed by atoms with Crippen LogP contribution in [0.4, 0.5) is 0 Å². The minimum atomic E-state index is -0.583. The molecule has 4 heteroatoms. The Kier molecular flexibility index (Phi) is 4.29. The third-order valence-electron chi connectivity index (χ3n) is 4.66. The monoisotopic (exact) mass is 306 g/mol. The van der Waals surface area contributed by atoms with Gasteiger partial charge in [0.1, 0.15) is 0 Å². The zero-order chi connectivity index (χ0) is 15.8. The van der Waals surface area contributed by atoms with E-state index in [1.807, 2.05) is 44.2 Å². The molecule has 0 bridgehead atoms. The van der Waals surface area contributed by atoms with Crippen molar-refractivity contribution in [3.63, 3.8) is 0 Å². The molecule has 0 radical (unpaired) electrons. The summed E-state index contributed by atoms with van der Waals surface area (Å²) in [6.07, 6.45) is 2.71. The van der Waals surface area contributed by atoms with Gasteiger partial charge < -0.3 is 18.9 Å². The first-order valence-electron chi connectivity index (χ1n) is 8.02. The molecular formula is C18H26O4. The van der Waals surface area contributed by atoms with Crippen molar-refractivity contribution in [1.82, 2.24) is 0 Å². The van der Waals surface area contributed by atoms with Crippen LogP contribution in [0.25, 0.3) is 0 Å². The molecule has 4 atom stereocenters. The van der Waals surface area contributed by atoms with Gasteiger partial charge >= 0.3 is 0 Å². The molecule has 3 rings (SSSR count). The van der Waals surface area contributed by atoms with Crippen LogP contribution in [0.3, 0.4) is 0 Å². The number of rotatable bonds is 4. The van der Waals surface area contributed by atoms with Gasteiger partial charge in [0.05, 0.1) is 17.8 Å². The number of hydrogen-bond donors (Lipinski definition) is 0. The molecule has 2 unspecified atom stereocenters. The van der Waals surface area contributed by atoms with E-state index in [0.29, 0.717) is 0 Å². The lowest BCUT2D eigenvalue weighted by Gasteiger charge is -2.42.